The molecule has 31 heavy (non-hydrogen) atoms. The molecule has 2 aromatic carbocycles. The van der Waals surface area contributed by atoms with Gasteiger partial charge in [0, 0.05) is 12.5 Å². The summed E-state index contributed by atoms with van der Waals surface area (Å²) < 4.78 is 66.9. The highest BCUT2D eigenvalue weighted by atomic mass is 32.2. The van der Waals surface area contributed by atoms with Crippen LogP contribution in [-0.2, 0) is 27.4 Å². The number of hydrogen-bond acceptors (Lipinski definition) is 3. The molecule has 0 heterocycles. The number of hydrogen-bond donors (Lipinski definition) is 2. The summed E-state index contributed by atoms with van der Waals surface area (Å²) in [6, 6.07) is 11.0. The first-order valence-corrected chi connectivity index (χ1v) is 11.7. The van der Waals surface area contributed by atoms with E-state index in [2.05, 4.69) is 10.0 Å². The van der Waals surface area contributed by atoms with Crippen LogP contribution in [0.3, 0.4) is 0 Å². The minimum Gasteiger partial charge on any atom is -0.325 e. The molecule has 5 nitrogen and oxygen atoms in total. The van der Waals surface area contributed by atoms with Gasteiger partial charge < -0.3 is 5.32 Å². The molecule has 1 fully saturated rings. The topological polar surface area (TPSA) is 75.3 Å². The zero-order valence-corrected chi connectivity index (χ0v) is 17.7. The minimum atomic E-state index is -4.56. The molecule has 0 bridgehead atoms. The molecule has 1 amide bonds. The molecule has 0 atom stereocenters. The number of carbonyl (C=O) groups is 1. The van der Waals surface area contributed by atoms with Crippen LogP contribution in [0.15, 0.2) is 53.4 Å². The van der Waals surface area contributed by atoms with Gasteiger partial charge in [0.1, 0.15) is 0 Å². The summed E-state index contributed by atoms with van der Waals surface area (Å²) in [6.45, 7) is 0. The highest BCUT2D eigenvalue weighted by molar-refractivity contribution is 7.89. The first-order valence-electron chi connectivity index (χ1n) is 10.2. The van der Waals surface area contributed by atoms with Crippen molar-refractivity contribution in [3.63, 3.8) is 0 Å². The van der Waals surface area contributed by atoms with Crippen LogP contribution in [0.25, 0.3) is 0 Å². The van der Waals surface area contributed by atoms with Gasteiger partial charge in [-0.15, -0.1) is 0 Å². The third-order valence-corrected chi connectivity index (χ3v) is 6.84. The zero-order chi connectivity index (χ0) is 22.5. The van der Waals surface area contributed by atoms with Crippen LogP contribution < -0.4 is 10.0 Å². The zero-order valence-electron chi connectivity index (χ0n) is 16.9. The Morgan fingerprint density at radius 1 is 0.968 bits per heavy atom. The number of rotatable bonds is 7. The molecule has 2 aromatic rings. The average molecular weight is 455 g/mol. The van der Waals surface area contributed by atoms with E-state index in [9.17, 15) is 26.4 Å². The molecule has 2 N–H and O–H groups in total. The highest BCUT2D eigenvalue weighted by Gasteiger charge is 2.33. The van der Waals surface area contributed by atoms with Crippen LogP contribution in [0.5, 0.6) is 0 Å². The predicted octanol–water partition coefficient (Wildman–Crippen LogP) is 4.89. The Labute approximate surface area is 180 Å². The van der Waals surface area contributed by atoms with Gasteiger partial charge in [-0.3, -0.25) is 4.79 Å². The van der Waals surface area contributed by atoms with E-state index in [0.29, 0.717) is 0 Å². The first-order chi connectivity index (χ1) is 14.6. The smallest absolute Gasteiger partial charge is 0.325 e. The number of nitrogens with one attached hydrogen (secondary N) is 2. The number of halogens is 3. The maximum absolute atomic E-state index is 13.0. The van der Waals surface area contributed by atoms with E-state index in [-0.39, 0.29) is 29.5 Å². The van der Waals surface area contributed by atoms with E-state index in [4.69, 9.17) is 0 Å². The van der Waals surface area contributed by atoms with Gasteiger partial charge >= 0.3 is 6.18 Å². The fraction of sp³-hybridized carbons (Fsp3) is 0.409. The number of benzene rings is 2. The van der Waals surface area contributed by atoms with Crippen molar-refractivity contribution in [1.82, 2.24) is 4.72 Å². The fourth-order valence-electron chi connectivity index (χ4n) is 3.65. The molecule has 0 aliphatic heterocycles. The monoisotopic (exact) mass is 454 g/mol. The van der Waals surface area contributed by atoms with Crippen molar-refractivity contribution in [2.24, 2.45) is 0 Å². The molecule has 0 aromatic heterocycles. The molecular formula is C22H25F3N2O3S. The molecular weight excluding hydrogens is 429 g/mol. The van der Waals surface area contributed by atoms with Gasteiger partial charge in [0.15, 0.2) is 0 Å². The van der Waals surface area contributed by atoms with Crippen molar-refractivity contribution in [2.75, 3.05) is 5.32 Å². The molecule has 0 unspecified atom stereocenters. The van der Waals surface area contributed by atoms with Crippen LogP contribution in [0.2, 0.25) is 0 Å². The lowest BCUT2D eigenvalue weighted by molar-refractivity contribution is -0.137. The lowest BCUT2D eigenvalue weighted by Crippen LogP contribution is -2.36. The SMILES string of the molecule is O=C(CCc1ccc(S(=O)(=O)NC2CCCCC2)cc1)Nc1ccccc1C(F)(F)F. The maximum Gasteiger partial charge on any atom is 0.418 e. The van der Waals surface area contributed by atoms with Crippen molar-refractivity contribution in [3.05, 3.63) is 59.7 Å². The first kappa shape index (κ1) is 23.3. The highest BCUT2D eigenvalue weighted by Crippen LogP contribution is 2.34. The summed E-state index contributed by atoms with van der Waals surface area (Å²) in [7, 11) is -3.60. The largest absolute Gasteiger partial charge is 0.418 e. The van der Waals surface area contributed by atoms with Crippen molar-refractivity contribution in [3.8, 4) is 0 Å². The summed E-state index contributed by atoms with van der Waals surface area (Å²) in [4.78, 5) is 12.3. The molecule has 3 rings (SSSR count). The number of amides is 1. The van der Waals surface area contributed by atoms with E-state index < -0.39 is 27.7 Å². The van der Waals surface area contributed by atoms with Gasteiger partial charge in [0.2, 0.25) is 15.9 Å². The van der Waals surface area contributed by atoms with Crippen LogP contribution in [0.4, 0.5) is 18.9 Å². The predicted molar refractivity (Wildman–Crippen MR) is 112 cm³/mol. The standard InChI is InChI=1S/C22H25F3N2O3S/c23-22(24,25)19-8-4-5-9-20(19)26-21(28)15-12-16-10-13-18(14-11-16)31(29,30)27-17-6-2-1-3-7-17/h4-5,8-11,13-14,17,27H,1-3,6-7,12,15H2,(H,26,28). The molecule has 168 valence electrons. The Hall–Kier alpha value is -2.39. The van der Waals surface area contributed by atoms with Crippen LogP contribution in [-0.4, -0.2) is 20.4 Å². The Kier molecular flexibility index (Phi) is 7.38. The van der Waals surface area contributed by atoms with Gasteiger partial charge in [-0.2, -0.15) is 13.2 Å². The second kappa shape index (κ2) is 9.82. The Morgan fingerprint density at radius 3 is 2.26 bits per heavy atom. The Bertz CT molecular complexity index is 999. The summed E-state index contributed by atoms with van der Waals surface area (Å²) >= 11 is 0. The average Bonchev–Trinajstić information content (AvgIpc) is 2.73. The Morgan fingerprint density at radius 2 is 1.61 bits per heavy atom. The van der Waals surface area contributed by atoms with Gasteiger partial charge in [0.05, 0.1) is 16.1 Å². The van der Waals surface area contributed by atoms with Crippen LogP contribution in [0, 0.1) is 0 Å². The fourth-order valence-corrected chi connectivity index (χ4v) is 4.96. The number of anilines is 1. The van der Waals surface area contributed by atoms with E-state index >= 15 is 0 Å². The summed E-state index contributed by atoms with van der Waals surface area (Å²) in [5.74, 6) is -0.549. The molecule has 0 radical (unpaired) electrons. The van der Waals surface area contributed by atoms with Crippen LogP contribution in [0.1, 0.15) is 49.7 Å². The Balaban J connectivity index is 1.56. The van der Waals surface area contributed by atoms with E-state index in [1.54, 1.807) is 12.1 Å². The number of sulfonamides is 1. The van der Waals surface area contributed by atoms with Crippen molar-refractivity contribution >= 4 is 21.6 Å². The minimum absolute atomic E-state index is 0.0292. The molecule has 0 saturated heterocycles. The normalized spacial score (nSPS) is 15.6. The lowest BCUT2D eigenvalue weighted by Gasteiger charge is -2.22. The third-order valence-electron chi connectivity index (χ3n) is 5.31. The van der Waals surface area contributed by atoms with Crippen molar-refractivity contribution in [1.29, 1.82) is 0 Å². The van der Waals surface area contributed by atoms with Gasteiger partial charge in [-0.05, 0) is 49.1 Å². The summed E-state index contributed by atoms with van der Waals surface area (Å²) in [5.41, 5.74) is -0.463. The van der Waals surface area contributed by atoms with Gasteiger partial charge in [0.25, 0.3) is 0 Å². The number of para-hydroxylation sites is 1. The van der Waals surface area contributed by atoms with Crippen molar-refractivity contribution in [2.45, 2.75) is 62.1 Å². The van der Waals surface area contributed by atoms with Crippen LogP contribution >= 0.6 is 0 Å². The second-order valence-corrected chi connectivity index (χ2v) is 9.41. The van der Waals surface area contributed by atoms with Crippen molar-refractivity contribution < 1.29 is 26.4 Å². The van der Waals surface area contributed by atoms with E-state index in [1.165, 1.54) is 30.3 Å². The molecule has 1 aliphatic carbocycles. The molecule has 0 spiro atoms. The number of alkyl halides is 3. The molecule has 9 heteroatoms. The molecule has 1 aliphatic rings. The summed E-state index contributed by atoms with van der Waals surface area (Å²) in [6.07, 6.45) is 0.519. The third kappa shape index (κ3) is 6.54. The number of carbonyl (C=O) groups excluding carboxylic acids is 1. The van der Waals surface area contributed by atoms with E-state index in [0.717, 1.165) is 43.7 Å². The maximum atomic E-state index is 13.0. The summed E-state index contributed by atoms with van der Waals surface area (Å²) in [5, 5.41) is 2.30. The number of aryl methyl sites for hydroxylation is 1. The second-order valence-electron chi connectivity index (χ2n) is 7.69. The van der Waals surface area contributed by atoms with Gasteiger partial charge in [-0.25, -0.2) is 13.1 Å². The quantitative estimate of drug-likeness (QED) is 0.626. The van der Waals surface area contributed by atoms with E-state index in [1.807, 2.05) is 0 Å². The lowest BCUT2D eigenvalue weighted by atomic mass is 9.96. The van der Waals surface area contributed by atoms with Gasteiger partial charge in [-0.1, -0.05) is 43.5 Å². The molecule has 1 saturated carbocycles.